The van der Waals surface area contributed by atoms with Crippen molar-refractivity contribution in [2.45, 2.75) is 25.4 Å². The minimum Gasteiger partial charge on any atom is -0.388 e. The smallest absolute Gasteiger partial charge is 0.150 e. The van der Waals surface area contributed by atoms with Crippen molar-refractivity contribution in [1.29, 1.82) is 0 Å². The van der Waals surface area contributed by atoms with Crippen LogP contribution in [-0.4, -0.2) is 42.2 Å². The molecule has 2 N–H and O–H groups in total. The summed E-state index contributed by atoms with van der Waals surface area (Å²) < 4.78 is 23.6. The summed E-state index contributed by atoms with van der Waals surface area (Å²) >= 11 is 3.34. The Morgan fingerprint density at radius 3 is 2.68 bits per heavy atom. The summed E-state index contributed by atoms with van der Waals surface area (Å²) in [7, 11) is -2.96. The molecule has 0 amide bonds. The van der Waals surface area contributed by atoms with Gasteiger partial charge in [-0.15, -0.1) is 0 Å². The second-order valence-corrected chi connectivity index (χ2v) is 8.27. The van der Waals surface area contributed by atoms with Gasteiger partial charge in [0, 0.05) is 17.2 Å². The monoisotopic (exact) mass is 348 g/mol. The summed E-state index contributed by atoms with van der Waals surface area (Å²) in [5.74, 6) is 0.820. The predicted molar refractivity (Wildman–Crippen MR) is 78.0 cm³/mol. The van der Waals surface area contributed by atoms with Crippen molar-refractivity contribution in [3.63, 3.8) is 0 Å². The van der Waals surface area contributed by atoms with Crippen LogP contribution in [0, 0.1) is 6.92 Å². The van der Waals surface area contributed by atoms with Gasteiger partial charge in [0.1, 0.15) is 5.82 Å². The number of aliphatic hydroxyl groups is 1. The molecule has 0 spiro atoms. The van der Waals surface area contributed by atoms with E-state index in [0.717, 1.165) is 10.0 Å². The van der Waals surface area contributed by atoms with Gasteiger partial charge in [-0.1, -0.05) is 0 Å². The molecule has 0 aromatic carbocycles. The molecule has 0 atom stereocenters. The van der Waals surface area contributed by atoms with Gasteiger partial charge in [0.05, 0.1) is 17.1 Å². The van der Waals surface area contributed by atoms with E-state index in [4.69, 9.17) is 0 Å². The van der Waals surface area contributed by atoms with Crippen molar-refractivity contribution in [1.82, 2.24) is 4.98 Å². The number of anilines is 1. The Balaban J connectivity index is 1.99. The molecule has 7 heteroatoms. The van der Waals surface area contributed by atoms with E-state index < -0.39 is 15.4 Å². The normalized spacial score (nSPS) is 21.0. The van der Waals surface area contributed by atoms with Crippen LogP contribution >= 0.6 is 15.9 Å². The topological polar surface area (TPSA) is 79.3 Å². The molecule has 1 aromatic rings. The van der Waals surface area contributed by atoms with Gasteiger partial charge < -0.3 is 10.4 Å². The largest absolute Gasteiger partial charge is 0.388 e. The Morgan fingerprint density at radius 1 is 1.47 bits per heavy atom. The van der Waals surface area contributed by atoms with Crippen LogP contribution in [0.2, 0.25) is 0 Å². The Labute approximate surface area is 121 Å². The molecular formula is C12H17BrN2O3S. The quantitative estimate of drug-likeness (QED) is 0.865. The lowest BCUT2D eigenvalue weighted by molar-refractivity contribution is 0.0435. The van der Waals surface area contributed by atoms with Crippen molar-refractivity contribution in [3.8, 4) is 0 Å². The molecule has 0 unspecified atom stereocenters. The SMILES string of the molecule is Cc1cc(Br)cnc1NCC1(O)CCS(=O)(=O)CC1. The summed E-state index contributed by atoms with van der Waals surface area (Å²) in [4.78, 5) is 4.23. The zero-order valence-corrected chi connectivity index (χ0v) is 13.1. The lowest BCUT2D eigenvalue weighted by Gasteiger charge is -2.32. The standard InChI is InChI=1S/C12H17BrN2O3S/c1-9-6-10(13)7-14-11(9)15-8-12(16)2-4-19(17,18)5-3-12/h6-7,16H,2-5,8H2,1H3,(H,14,15). The fraction of sp³-hybridized carbons (Fsp3) is 0.583. The van der Waals surface area contributed by atoms with Gasteiger partial charge in [0.25, 0.3) is 0 Å². The zero-order chi connectivity index (χ0) is 14.1. The number of rotatable bonds is 3. The maximum atomic E-state index is 11.4. The molecule has 0 aliphatic carbocycles. The predicted octanol–water partition coefficient (Wildman–Crippen LogP) is 1.50. The Bertz CT molecular complexity index is 560. The molecule has 1 aromatic heterocycles. The molecule has 19 heavy (non-hydrogen) atoms. The average molecular weight is 349 g/mol. The summed E-state index contributed by atoms with van der Waals surface area (Å²) in [6, 6.07) is 1.94. The van der Waals surface area contributed by atoms with Crippen molar-refractivity contribution >= 4 is 31.6 Å². The number of aryl methyl sites for hydroxylation is 1. The summed E-state index contributed by atoms with van der Waals surface area (Å²) in [6.07, 6.45) is 2.24. The van der Waals surface area contributed by atoms with Crippen molar-refractivity contribution in [2.75, 3.05) is 23.4 Å². The van der Waals surface area contributed by atoms with E-state index in [1.54, 1.807) is 6.20 Å². The Morgan fingerprint density at radius 2 is 2.11 bits per heavy atom. The second-order valence-electron chi connectivity index (χ2n) is 5.05. The van der Waals surface area contributed by atoms with Crippen LogP contribution < -0.4 is 5.32 Å². The van der Waals surface area contributed by atoms with Gasteiger partial charge >= 0.3 is 0 Å². The number of nitrogens with one attached hydrogen (secondary N) is 1. The molecule has 2 rings (SSSR count). The third-order valence-corrected chi connectivity index (χ3v) is 5.47. The molecule has 0 radical (unpaired) electrons. The van der Waals surface area contributed by atoms with Crippen LogP contribution in [0.1, 0.15) is 18.4 Å². The summed E-state index contributed by atoms with van der Waals surface area (Å²) in [5, 5.41) is 13.4. The Hall–Kier alpha value is -0.660. The maximum absolute atomic E-state index is 11.4. The average Bonchev–Trinajstić information content (AvgIpc) is 2.33. The maximum Gasteiger partial charge on any atom is 0.150 e. The van der Waals surface area contributed by atoms with E-state index in [-0.39, 0.29) is 24.3 Å². The minimum atomic E-state index is -2.96. The van der Waals surface area contributed by atoms with Gasteiger partial charge in [-0.3, -0.25) is 0 Å². The van der Waals surface area contributed by atoms with E-state index in [1.807, 2.05) is 13.0 Å². The van der Waals surface area contributed by atoms with Crippen molar-refractivity contribution in [3.05, 3.63) is 22.3 Å². The third kappa shape index (κ3) is 3.90. The van der Waals surface area contributed by atoms with Gasteiger partial charge in [-0.05, 0) is 47.3 Å². The second kappa shape index (κ2) is 5.38. The molecule has 1 fully saturated rings. The first kappa shape index (κ1) is 14.7. The highest BCUT2D eigenvalue weighted by atomic mass is 79.9. The number of nitrogens with zero attached hydrogens (tertiary/aromatic N) is 1. The summed E-state index contributed by atoms with van der Waals surface area (Å²) in [5.41, 5.74) is 0.00776. The first-order valence-electron chi connectivity index (χ1n) is 6.09. The lowest BCUT2D eigenvalue weighted by atomic mass is 9.97. The van der Waals surface area contributed by atoms with Gasteiger partial charge in [-0.25, -0.2) is 13.4 Å². The highest BCUT2D eigenvalue weighted by molar-refractivity contribution is 9.10. The number of pyridine rings is 1. The van der Waals surface area contributed by atoms with E-state index in [0.29, 0.717) is 12.4 Å². The van der Waals surface area contributed by atoms with E-state index >= 15 is 0 Å². The van der Waals surface area contributed by atoms with Gasteiger partial charge in [0.15, 0.2) is 9.84 Å². The first-order valence-corrected chi connectivity index (χ1v) is 8.70. The van der Waals surface area contributed by atoms with Crippen LogP contribution in [0.25, 0.3) is 0 Å². The van der Waals surface area contributed by atoms with Crippen LogP contribution in [0.4, 0.5) is 5.82 Å². The minimum absolute atomic E-state index is 0.0535. The van der Waals surface area contributed by atoms with Crippen molar-refractivity contribution in [2.24, 2.45) is 0 Å². The fourth-order valence-corrected chi connectivity index (χ4v) is 4.10. The summed E-state index contributed by atoms with van der Waals surface area (Å²) in [6.45, 7) is 2.24. The van der Waals surface area contributed by atoms with Crippen LogP contribution in [0.5, 0.6) is 0 Å². The number of hydrogen-bond acceptors (Lipinski definition) is 5. The van der Waals surface area contributed by atoms with Crippen LogP contribution in [0.15, 0.2) is 16.7 Å². The van der Waals surface area contributed by atoms with E-state index in [2.05, 4.69) is 26.2 Å². The highest BCUT2D eigenvalue weighted by Gasteiger charge is 2.35. The molecular weight excluding hydrogens is 332 g/mol. The number of aromatic nitrogens is 1. The van der Waals surface area contributed by atoms with Gasteiger partial charge in [0.2, 0.25) is 0 Å². The molecule has 1 saturated heterocycles. The molecule has 0 bridgehead atoms. The van der Waals surface area contributed by atoms with E-state index in [1.165, 1.54) is 0 Å². The lowest BCUT2D eigenvalue weighted by Crippen LogP contribution is -2.44. The molecule has 1 aliphatic rings. The first-order chi connectivity index (χ1) is 8.80. The van der Waals surface area contributed by atoms with Crippen LogP contribution in [0.3, 0.4) is 0 Å². The number of hydrogen-bond donors (Lipinski definition) is 2. The molecule has 1 aliphatic heterocycles. The molecule has 2 heterocycles. The third-order valence-electron chi connectivity index (χ3n) is 3.39. The molecule has 106 valence electrons. The van der Waals surface area contributed by atoms with E-state index in [9.17, 15) is 13.5 Å². The zero-order valence-electron chi connectivity index (χ0n) is 10.7. The highest BCUT2D eigenvalue weighted by Crippen LogP contribution is 2.25. The number of sulfone groups is 1. The molecule has 0 saturated carbocycles. The molecule has 5 nitrogen and oxygen atoms in total. The fourth-order valence-electron chi connectivity index (χ4n) is 2.07. The van der Waals surface area contributed by atoms with Gasteiger partial charge in [-0.2, -0.15) is 0 Å². The Kier molecular flexibility index (Phi) is 4.17. The van der Waals surface area contributed by atoms with Crippen LogP contribution in [-0.2, 0) is 9.84 Å². The van der Waals surface area contributed by atoms with Crippen molar-refractivity contribution < 1.29 is 13.5 Å². The number of halogens is 1.